The van der Waals surface area contributed by atoms with Gasteiger partial charge in [0, 0.05) is 27.0 Å². The summed E-state index contributed by atoms with van der Waals surface area (Å²) in [6.07, 6.45) is 5.32. The molecule has 0 radical (unpaired) electrons. The zero-order valence-corrected chi connectivity index (χ0v) is 24.0. The molecular weight excluding hydrogens is 565 g/mol. The Morgan fingerprint density at radius 3 is 2.27 bits per heavy atom. The quantitative estimate of drug-likeness (QED) is 0.246. The highest BCUT2D eigenvalue weighted by Crippen LogP contribution is 2.29. The second-order valence-corrected chi connectivity index (χ2v) is 10.5. The molecule has 1 unspecified atom stereocenters. The van der Waals surface area contributed by atoms with Crippen molar-refractivity contribution < 1.29 is 24.2 Å². The number of carbonyl (C=O) groups excluding carboxylic acids is 3. The maximum atomic E-state index is 13.5. The van der Waals surface area contributed by atoms with Crippen molar-refractivity contribution in [2.75, 3.05) is 23.9 Å². The normalized spacial score (nSPS) is 13.5. The first-order chi connectivity index (χ1) is 19.7. The molecule has 3 N–H and O–H groups in total. The molecule has 1 aliphatic carbocycles. The first kappa shape index (κ1) is 30.1. The number of benzene rings is 3. The minimum atomic E-state index is -1.45. The third-order valence-electron chi connectivity index (χ3n) is 6.69. The van der Waals surface area contributed by atoms with Gasteiger partial charge in [-0.25, -0.2) is 9.59 Å². The number of aliphatic hydroxyl groups is 1. The van der Waals surface area contributed by atoms with Crippen LogP contribution in [-0.4, -0.2) is 42.8 Å². The van der Waals surface area contributed by atoms with Crippen LogP contribution >= 0.6 is 23.2 Å². The number of anilines is 2. The number of allylic oxidation sites excluding steroid dienone is 2. The summed E-state index contributed by atoms with van der Waals surface area (Å²) >= 11 is 12.3. The third-order valence-corrected chi connectivity index (χ3v) is 7.12. The molecule has 4 rings (SSSR count). The van der Waals surface area contributed by atoms with Crippen molar-refractivity contribution in [3.63, 3.8) is 0 Å². The first-order valence-corrected chi connectivity index (χ1v) is 14.0. The number of esters is 1. The zero-order valence-electron chi connectivity index (χ0n) is 22.5. The molecule has 1 atom stereocenters. The van der Waals surface area contributed by atoms with Gasteiger partial charge in [-0.1, -0.05) is 53.5 Å². The van der Waals surface area contributed by atoms with Crippen LogP contribution in [0.5, 0.6) is 0 Å². The summed E-state index contributed by atoms with van der Waals surface area (Å²) in [6, 6.07) is 19.0. The number of aliphatic hydroxyl groups excluding tert-OH is 1. The summed E-state index contributed by atoms with van der Waals surface area (Å²) in [7, 11) is 1.16. The minimum Gasteiger partial charge on any atom is -0.467 e. The Labute approximate surface area is 248 Å². The van der Waals surface area contributed by atoms with Crippen LogP contribution in [-0.2, 0) is 16.1 Å². The number of methoxy groups -OCH3 is 1. The molecule has 3 aromatic rings. The van der Waals surface area contributed by atoms with Crippen LogP contribution < -0.4 is 15.5 Å². The molecule has 0 heterocycles. The monoisotopic (exact) mass is 595 g/mol. The smallest absolute Gasteiger partial charge is 0.336 e. The van der Waals surface area contributed by atoms with Gasteiger partial charge < -0.3 is 20.5 Å². The van der Waals surface area contributed by atoms with Gasteiger partial charge in [0.25, 0.3) is 5.91 Å². The fraction of sp³-hybridized carbons (Fsp3) is 0.258. The molecular formula is C31H31Cl2N3O5. The van der Waals surface area contributed by atoms with Crippen LogP contribution in [0.4, 0.5) is 16.2 Å². The van der Waals surface area contributed by atoms with Gasteiger partial charge in [0.2, 0.25) is 0 Å². The summed E-state index contributed by atoms with van der Waals surface area (Å²) in [6.45, 7) is -0.0627. The van der Waals surface area contributed by atoms with E-state index in [9.17, 15) is 19.5 Å². The summed E-state index contributed by atoms with van der Waals surface area (Å²) in [5, 5.41) is 15.9. The molecule has 1 aliphatic rings. The number of ether oxygens (including phenoxy) is 1. The summed E-state index contributed by atoms with van der Waals surface area (Å²) in [4.78, 5) is 38.9. The standard InChI is InChI=1S/C31H31Cl2N3O5/c1-41-30(39)28(37)18-34-29(38)23-9-7-20(8-10-23)19-36(31(40)35-26-16-24(32)15-25(33)17-26)27-13-11-22(12-14-27)21-5-3-2-4-6-21/h5,7-17,28,37H,2-4,6,18-19H2,1H3,(H,34,38)(H,35,40). The molecule has 0 saturated heterocycles. The van der Waals surface area contributed by atoms with E-state index in [-0.39, 0.29) is 19.1 Å². The molecule has 0 aliphatic heterocycles. The molecule has 10 heteroatoms. The van der Waals surface area contributed by atoms with E-state index in [1.165, 1.54) is 18.4 Å². The number of amides is 3. The highest BCUT2D eigenvalue weighted by molar-refractivity contribution is 6.35. The highest BCUT2D eigenvalue weighted by atomic mass is 35.5. The van der Waals surface area contributed by atoms with Gasteiger partial charge in [0.05, 0.1) is 20.2 Å². The van der Waals surface area contributed by atoms with E-state index in [1.807, 2.05) is 24.3 Å². The third kappa shape index (κ3) is 8.33. The van der Waals surface area contributed by atoms with E-state index < -0.39 is 18.0 Å². The van der Waals surface area contributed by atoms with Gasteiger partial charge in [-0.3, -0.25) is 9.69 Å². The number of nitrogens with zero attached hydrogens (tertiary/aromatic N) is 1. The van der Waals surface area contributed by atoms with Crippen molar-refractivity contribution >= 4 is 58.1 Å². The predicted molar refractivity (Wildman–Crippen MR) is 161 cm³/mol. The molecule has 0 saturated carbocycles. The maximum Gasteiger partial charge on any atom is 0.336 e. The average molecular weight is 597 g/mol. The van der Waals surface area contributed by atoms with Crippen LogP contribution in [0.1, 0.15) is 47.2 Å². The van der Waals surface area contributed by atoms with E-state index in [2.05, 4.69) is 21.4 Å². The summed E-state index contributed by atoms with van der Waals surface area (Å²) < 4.78 is 4.45. The molecule has 3 aromatic carbocycles. The van der Waals surface area contributed by atoms with Crippen molar-refractivity contribution in [1.82, 2.24) is 5.32 Å². The maximum absolute atomic E-state index is 13.5. The molecule has 8 nitrogen and oxygen atoms in total. The average Bonchev–Trinajstić information content (AvgIpc) is 2.98. The second kappa shape index (κ2) is 14.2. The number of rotatable bonds is 9. The molecule has 0 spiro atoms. The van der Waals surface area contributed by atoms with E-state index in [4.69, 9.17) is 23.2 Å². The largest absolute Gasteiger partial charge is 0.467 e. The van der Waals surface area contributed by atoms with Gasteiger partial charge in [-0.05, 0) is 84.8 Å². The number of halogens is 2. The van der Waals surface area contributed by atoms with E-state index in [0.717, 1.165) is 31.1 Å². The van der Waals surface area contributed by atoms with Crippen LogP contribution in [0.2, 0.25) is 10.0 Å². The highest BCUT2D eigenvalue weighted by Gasteiger charge is 2.19. The zero-order chi connectivity index (χ0) is 29.4. The van der Waals surface area contributed by atoms with Gasteiger partial charge in [0.1, 0.15) is 0 Å². The number of carbonyl (C=O) groups is 3. The summed E-state index contributed by atoms with van der Waals surface area (Å²) in [5.74, 6) is -1.29. The predicted octanol–water partition coefficient (Wildman–Crippen LogP) is 6.45. The van der Waals surface area contributed by atoms with Crippen LogP contribution in [0, 0.1) is 0 Å². The lowest BCUT2D eigenvalue weighted by Crippen LogP contribution is -2.37. The lowest BCUT2D eigenvalue weighted by molar-refractivity contribution is -0.149. The lowest BCUT2D eigenvalue weighted by Gasteiger charge is -2.24. The van der Waals surface area contributed by atoms with Crippen molar-refractivity contribution in [3.05, 3.63) is 99.5 Å². The molecule has 214 valence electrons. The number of hydrogen-bond donors (Lipinski definition) is 3. The fourth-order valence-corrected chi connectivity index (χ4v) is 5.03. The Morgan fingerprint density at radius 2 is 1.66 bits per heavy atom. The van der Waals surface area contributed by atoms with Crippen molar-refractivity contribution in [1.29, 1.82) is 0 Å². The van der Waals surface area contributed by atoms with Crippen molar-refractivity contribution in [2.24, 2.45) is 0 Å². The van der Waals surface area contributed by atoms with Gasteiger partial charge in [-0.2, -0.15) is 0 Å². The minimum absolute atomic E-state index is 0.213. The SMILES string of the molecule is COC(=O)C(O)CNC(=O)c1ccc(CN(C(=O)Nc2cc(Cl)cc(Cl)c2)c2ccc(C3=CCCCC3)cc2)cc1. The Hall–Kier alpha value is -3.85. The molecule has 0 bridgehead atoms. The number of hydrogen-bond acceptors (Lipinski definition) is 5. The Morgan fingerprint density at radius 1 is 0.976 bits per heavy atom. The van der Waals surface area contributed by atoms with Gasteiger partial charge >= 0.3 is 12.0 Å². The molecule has 0 aromatic heterocycles. The fourth-order valence-electron chi connectivity index (χ4n) is 4.51. The van der Waals surface area contributed by atoms with Crippen LogP contribution in [0.15, 0.2) is 72.8 Å². The number of nitrogens with one attached hydrogen (secondary N) is 2. The number of urea groups is 1. The van der Waals surface area contributed by atoms with E-state index in [1.54, 1.807) is 47.4 Å². The van der Waals surface area contributed by atoms with Gasteiger partial charge in [0.15, 0.2) is 6.10 Å². The second-order valence-electron chi connectivity index (χ2n) is 9.64. The molecule has 0 fully saturated rings. The Bertz CT molecular complexity index is 1400. The molecule has 41 heavy (non-hydrogen) atoms. The summed E-state index contributed by atoms with van der Waals surface area (Å²) in [5.41, 5.74) is 4.72. The Balaban J connectivity index is 1.52. The van der Waals surface area contributed by atoms with E-state index >= 15 is 0 Å². The van der Waals surface area contributed by atoms with Crippen molar-refractivity contribution in [3.8, 4) is 0 Å². The first-order valence-electron chi connectivity index (χ1n) is 13.2. The van der Waals surface area contributed by atoms with Crippen molar-refractivity contribution in [2.45, 2.75) is 38.3 Å². The van der Waals surface area contributed by atoms with Crippen LogP contribution in [0.25, 0.3) is 5.57 Å². The Kier molecular flexibility index (Phi) is 10.4. The molecule has 3 amide bonds. The lowest BCUT2D eigenvalue weighted by atomic mass is 9.93. The topological polar surface area (TPSA) is 108 Å². The van der Waals surface area contributed by atoms with Crippen LogP contribution in [0.3, 0.4) is 0 Å². The van der Waals surface area contributed by atoms with Gasteiger partial charge in [-0.15, -0.1) is 0 Å². The van der Waals surface area contributed by atoms with E-state index in [0.29, 0.717) is 27.0 Å².